The van der Waals surface area contributed by atoms with E-state index in [2.05, 4.69) is 20.5 Å². The molecular weight excluding hydrogens is 648 g/mol. The quantitative estimate of drug-likeness (QED) is 0.0840. The molecular formula is C28H22N4O12S2. The number of azo groups is 2. The van der Waals surface area contributed by atoms with E-state index in [1.807, 2.05) is 0 Å². The van der Waals surface area contributed by atoms with E-state index in [1.54, 1.807) is 0 Å². The van der Waals surface area contributed by atoms with Crippen molar-refractivity contribution in [3.8, 4) is 11.5 Å². The second-order valence-electron chi connectivity index (χ2n) is 9.45. The standard InChI is InChI=1S/C28H22N4O12S2/c33-23-9-7-17(11-21(23)27(35)36)29-31-19-5-3-15(25(13-19)45(39,40)41)1-2-16-4-6-20(14-26(16)46(42,43)44)32-30-18-8-10-24(34)22(12-18)28(37)38/h3-14,33-34H,1-2H2,(H,35,36)(H,37,38)(H,39,40,41)(H,42,43,44). The summed E-state index contributed by atoms with van der Waals surface area (Å²) in [4.78, 5) is 21.3. The molecule has 18 heteroatoms. The number of carbonyl (C=O) groups is 2. The first kappa shape index (κ1) is 33.3. The van der Waals surface area contributed by atoms with Crippen molar-refractivity contribution in [1.29, 1.82) is 0 Å². The molecule has 0 radical (unpaired) electrons. The van der Waals surface area contributed by atoms with Crippen molar-refractivity contribution in [3.63, 3.8) is 0 Å². The Kier molecular flexibility index (Phi) is 9.57. The highest BCUT2D eigenvalue weighted by Crippen LogP contribution is 2.30. The summed E-state index contributed by atoms with van der Waals surface area (Å²) >= 11 is 0. The SMILES string of the molecule is O=C(O)c1cc(N=Nc2ccc(CCc3ccc(N=Nc4ccc(O)c(C(=O)O)c4)cc3S(=O)(=O)O)c(S(=O)(=O)O)c2)ccc1O. The van der Waals surface area contributed by atoms with E-state index in [9.17, 15) is 45.7 Å². The number of aromatic carboxylic acids is 2. The Morgan fingerprint density at radius 2 is 0.826 bits per heavy atom. The lowest BCUT2D eigenvalue weighted by molar-refractivity contribution is 0.0682. The first-order valence-electron chi connectivity index (χ1n) is 12.7. The van der Waals surface area contributed by atoms with E-state index < -0.39 is 64.6 Å². The van der Waals surface area contributed by atoms with E-state index in [1.165, 1.54) is 36.4 Å². The number of carboxylic acid groups (broad SMARTS) is 2. The van der Waals surface area contributed by atoms with Crippen molar-refractivity contribution in [1.82, 2.24) is 0 Å². The maximum absolute atomic E-state index is 12.2. The Bertz CT molecular complexity index is 1990. The molecule has 0 saturated heterocycles. The molecule has 0 amide bonds. The zero-order valence-corrected chi connectivity index (χ0v) is 24.7. The fourth-order valence-corrected chi connectivity index (χ4v) is 5.66. The predicted molar refractivity (Wildman–Crippen MR) is 158 cm³/mol. The van der Waals surface area contributed by atoms with Crippen LogP contribution in [0.2, 0.25) is 0 Å². The fraction of sp³-hybridized carbons (Fsp3) is 0.0714. The molecule has 0 aliphatic carbocycles. The third-order valence-electron chi connectivity index (χ3n) is 6.30. The molecule has 4 aromatic carbocycles. The highest BCUT2D eigenvalue weighted by Gasteiger charge is 2.20. The van der Waals surface area contributed by atoms with E-state index in [4.69, 9.17) is 10.2 Å². The third-order valence-corrected chi connectivity index (χ3v) is 8.18. The van der Waals surface area contributed by atoms with Crippen LogP contribution in [0, 0.1) is 0 Å². The van der Waals surface area contributed by atoms with Crippen LogP contribution < -0.4 is 0 Å². The van der Waals surface area contributed by atoms with Gasteiger partial charge in [-0.3, -0.25) is 9.11 Å². The van der Waals surface area contributed by atoms with Crippen LogP contribution in [-0.4, -0.2) is 58.3 Å². The predicted octanol–water partition coefficient (Wildman–Crippen LogP) is 5.60. The van der Waals surface area contributed by atoms with Gasteiger partial charge >= 0.3 is 11.9 Å². The average molecular weight is 671 g/mol. The smallest absolute Gasteiger partial charge is 0.339 e. The zero-order valence-electron chi connectivity index (χ0n) is 23.1. The summed E-state index contributed by atoms with van der Waals surface area (Å²) in [5.74, 6) is -3.81. The van der Waals surface area contributed by atoms with Crippen LogP contribution in [0.15, 0.2) is 103 Å². The Balaban J connectivity index is 1.60. The number of rotatable bonds is 11. The molecule has 0 saturated carbocycles. The summed E-state index contributed by atoms with van der Waals surface area (Å²) < 4.78 is 68.4. The van der Waals surface area contributed by atoms with Gasteiger partial charge in [0.15, 0.2) is 0 Å². The Labute approximate surface area is 260 Å². The number of aromatic hydroxyl groups is 2. The van der Waals surface area contributed by atoms with Gasteiger partial charge in [-0.05, 0) is 84.6 Å². The van der Waals surface area contributed by atoms with E-state index >= 15 is 0 Å². The van der Waals surface area contributed by atoms with E-state index in [0.717, 1.165) is 36.4 Å². The van der Waals surface area contributed by atoms with Gasteiger partial charge < -0.3 is 20.4 Å². The normalized spacial score (nSPS) is 12.1. The Morgan fingerprint density at radius 3 is 1.13 bits per heavy atom. The molecule has 0 aromatic heterocycles. The number of benzene rings is 4. The molecule has 0 aliphatic rings. The van der Waals surface area contributed by atoms with Crippen LogP contribution in [0.1, 0.15) is 31.8 Å². The number of carboxylic acids is 2. The molecule has 4 aromatic rings. The summed E-state index contributed by atoms with van der Waals surface area (Å²) in [6.45, 7) is 0. The monoisotopic (exact) mass is 670 g/mol. The highest BCUT2D eigenvalue weighted by molar-refractivity contribution is 7.86. The second kappa shape index (κ2) is 13.2. The van der Waals surface area contributed by atoms with Gasteiger partial charge in [0.1, 0.15) is 22.6 Å². The van der Waals surface area contributed by atoms with Gasteiger partial charge in [0.05, 0.1) is 32.5 Å². The van der Waals surface area contributed by atoms with Gasteiger partial charge in [0.25, 0.3) is 20.2 Å². The molecule has 16 nitrogen and oxygen atoms in total. The molecule has 0 spiro atoms. The second-order valence-corrected chi connectivity index (χ2v) is 12.2. The molecule has 0 heterocycles. The van der Waals surface area contributed by atoms with Crippen LogP contribution in [0.3, 0.4) is 0 Å². The molecule has 46 heavy (non-hydrogen) atoms. The number of nitrogens with zero attached hydrogens (tertiary/aromatic N) is 4. The zero-order chi connectivity index (χ0) is 33.8. The van der Waals surface area contributed by atoms with Crippen molar-refractivity contribution >= 4 is 54.9 Å². The summed E-state index contributed by atoms with van der Waals surface area (Å²) in [6, 6.07) is 14.1. The lowest BCUT2D eigenvalue weighted by atomic mass is 10.0. The molecule has 6 N–H and O–H groups in total. The minimum atomic E-state index is -4.82. The van der Waals surface area contributed by atoms with Crippen molar-refractivity contribution < 1.29 is 56.0 Å². The first-order chi connectivity index (χ1) is 21.5. The van der Waals surface area contributed by atoms with Gasteiger partial charge in [0, 0.05) is 0 Å². The fourth-order valence-electron chi connectivity index (χ4n) is 4.12. The van der Waals surface area contributed by atoms with Gasteiger partial charge in [0.2, 0.25) is 0 Å². The maximum atomic E-state index is 12.2. The Hall–Kier alpha value is -5.56. The van der Waals surface area contributed by atoms with Crippen LogP contribution in [-0.2, 0) is 33.1 Å². The minimum Gasteiger partial charge on any atom is -0.507 e. The van der Waals surface area contributed by atoms with E-state index in [0.29, 0.717) is 0 Å². The van der Waals surface area contributed by atoms with Gasteiger partial charge in [-0.2, -0.15) is 37.3 Å². The third kappa shape index (κ3) is 8.12. The van der Waals surface area contributed by atoms with Crippen LogP contribution >= 0.6 is 0 Å². The summed E-state index contributed by atoms with van der Waals surface area (Å²) in [6.07, 6.45) is -0.275. The van der Waals surface area contributed by atoms with Crippen molar-refractivity contribution in [2.45, 2.75) is 22.6 Å². The molecule has 0 fully saturated rings. The van der Waals surface area contributed by atoms with Gasteiger partial charge in [-0.25, -0.2) is 9.59 Å². The molecule has 0 bridgehead atoms. The van der Waals surface area contributed by atoms with Crippen molar-refractivity contribution in [2.75, 3.05) is 0 Å². The van der Waals surface area contributed by atoms with Crippen molar-refractivity contribution in [3.05, 3.63) is 95.1 Å². The van der Waals surface area contributed by atoms with Gasteiger partial charge in [-0.1, -0.05) is 12.1 Å². The average Bonchev–Trinajstić information content (AvgIpc) is 2.98. The lowest BCUT2D eigenvalue weighted by Gasteiger charge is -2.11. The summed E-state index contributed by atoms with van der Waals surface area (Å²) in [5.41, 5.74) is -0.771. The van der Waals surface area contributed by atoms with Crippen LogP contribution in [0.25, 0.3) is 0 Å². The van der Waals surface area contributed by atoms with E-state index in [-0.39, 0.29) is 46.7 Å². The molecule has 0 aliphatic heterocycles. The number of hydrogen-bond donors (Lipinski definition) is 6. The number of phenols is 2. The number of hydrogen-bond acceptors (Lipinski definition) is 12. The van der Waals surface area contributed by atoms with Gasteiger partial charge in [-0.15, -0.1) is 0 Å². The largest absolute Gasteiger partial charge is 0.507 e. The lowest BCUT2D eigenvalue weighted by Crippen LogP contribution is -2.07. The highest BCUT2D eigenvalue weighted by atomic mass is 32.2. The minimum absolute atomic E-state index is 0.0292. The molecule has 4 rings (SSSR count). The van der Waals surface area contributed by atoms with Crippen LogP contribution in [0.5, 0.6) is 11.5 Å². The van der Waals surface area contributed by atoms with Crippen molar-refractivity contribution in [2.24, 2.45) is 20.5 Å². The summed E-state index contributed by atoms with van der Waals surface area (Å²) in [7, 11) is -9.63. The topological polar surface area (TPSA) is 273 Å². The van der Waals surface area contributed by atoms with Crippen LogP contribution in [0.4, 0.5) is 22.7 Å². The molecule has 0 unspecified atom stereocenters. The summed E-state index contributed by atoms with van der Waals surface area (Å²) in [5, 5.41) is 52.9. The number of aryl methyl sites for hydroxylation is 2. The molecule has 0 atom stereocenters. The maximum Gasteiger partial charge on any atom is 0.339 e. The molecule has 238 valence electrons. The first-order valence-corrected chi connectivity index (χ1v) is 15.6. The Morgan fingerprint density at radius 1 is 0.522 bits per heavy atom.